The van der Waals surface area contributed by atoms with Crippen molar-refractivity contribution in [3.05, 3.63) is 65.7 Å². The van der Waals surface area contributed by atoms with E-state index in [1.54, 1.807) is 39.7 Å². The summed E-state index contributed by atoms with van der Waals surface area (Å²) in [5, 5.41) is 6.18. The lowest BCUT2D eigenvalue weighted by Crippen LogP contribution is -2.19. The van der Waals surface area contributed by atoms with Crippen molar-refractivity contribution in [1.82, 2.24) is 5.43 Å². The zero-order valence-electron chi connectivity index (χ0n) is 16.1. The molecule has 0 aliphatic carbocycles. The molecule has 0 unspecified atom stereocenters. The maximum Gasteiger partial charge on any atom is 0.244 e. The largest absolute Gasteiger partial charge is 0.496 e. The van der Waals surface area contributed by atoms with Gasteiger partial charge in [-0.1, -0.05) is 36.4 Å². The molecule has 3 rings (SSSR count). The van der Waals surface area contributed by atoms with Gasteiger partial charge >= 0.3 is 0 Å². The van der Waals surface area contributed by atoms with Gasteiger partial charge in [-0.25, -0.2) is 5.43 Å². The number of fused-ring (bicyclic) bond motifs is 1. The number of carbonyl (C=O) groups is 1. The Hall–Kier alpha value is -3.54. The Morgan fingerprint density at radius 2 is 1.64 bits per heavy atom. The molecule has 0 aliphatic rings. The molecule has 0 radical (unpaired) electrons. The van der Waals surface area contributed by atoms with Crippen LogP contribution < -0.4 is 19.6 Å². The van der Waals surface area contributed by atoms with Crippen molar-refractivity contribution < 1.29 is 19.0 Å². The average molecular weight is 378 g/mol. The first-order chi connectivity index (χ1) is 13.7. The van der Waals surface area contributed by atoms with Crippen LogP contribution in [-0.4, -0.2) is 33.5 Å². The van der Waals surface area contributed by atoms with Crippen LogP contribution in [0.25, 0.3) is 10.8 Å². The summed E-state index contributed by atoms with van der Waals surface area (Å²) in [6, 6.07) is 17.2. The van der Waals surface area contributed by atoms with Crippen molar-refractivity contribution in [2.45, 2.75) is 6.42 Å². The predicted molar refractivity (Wildman–Crippen MR) is 109 cm³/mol. The summed E-state index contributed by atoms with van der Waals surface area (Å²) >= 11 is 0. The van der Waals surface area contributed by atoms with Gasteiger partial charge in [-0.3, -0.25) is 4.79 Å². The highest BCUT2D eigenvalue weighted by Gasteiger charge is 2.09. The van der Waals surface area contributed by atoms with E-state index in [0.717, 1.165) is 21.9 Å². The Balaban J connectivity index is 1.73. The molecular weight excluding hydrogens is 356 g/mol. The molecule has 0 aromatic heterocycles. The third-order valence-electron chi connectivity index (χ3n) is 4.35. The third-order valence-corrected chi connectivity index (χ3v) is 4.35. The van der Waals surface area contributed by atoms with Gasteiger partial charge in [0.1, 0.15) is 5.75 Å². The van der Waals surface area contributed by atoms with Crippen LogP contribution in [0.3, 0.4) is 0 Å². The fourth-order valence-corrected chi connectivity index (χ4v) is 2.97. The number of nitrogens with zero attached hydrogens (tertiary/aromatic N) is 1. The van der Waals surface area contributed by atoms with Crippen molar-refractivity contribution in [2.75, 3.05) is 21.3 Å². The molecule has 28 heavy (non-hydrogen) atoms. The maximum absolute atomic E-state index is 12.2. The van der Waals surface area contributed by atoms with Gasteiger partial charge in [-0.2, -0.15) is 5.10 Å². The summed E-state index contributed by atoms with van der Waals surface area (Å²) in [6.45, 7) is 0. The zero-order valence-corrected chi connectivity index (χ0v) is 16.1. The molecule has 1 amide bonds. The van der Waals surface area contributed by atoms with Gasteiger partial charge in [0.2, 0.25) is 5.91 Å². The monoisotopic (exact) mass is 378 g/mol. The Labute approximate surface area is 163 Å². The van der Waals surface area contributed by atoms with E-state index in [1.807, 2.05) is 42.5 Å². The predicted octanol–water partition coefficient (Wildman–Crippen LogP) is 3.56. The number of rotatable bonds is 7. The van der Waals surface area contributed by atoms with Gasteiger partial charge in [0.15, 0.2) is 11.5 Å². The lowest BCUT2D eigenvalue weighted by Gasteiger charge is -2.09. The first-order valence-corrected chi connectivity index (χ1v) is 8.74. The molecule has 0 aliphatic heterocycles. The molecule has 6 nitrogen and oxygen atoms in total. The highest BCUT2D eigenvalue weighted by molar-refractivity contribution is 6.02. The minimum absolute atomic E-state index is 0.171. The van der Waals surface area contributed by atoms with Crippen molar-refractivity contribution in [3.8, 4) is 17.2 Å². The number of benzene rings is 3. The highest BCUT2D eigenvalue weighted by Crippen LogP contribution is 2.28. The van der Waals surface area contributed by atoms with Crippen molar-refractivity contribution in [3.63, 3.8) is 0 Å². The highest BCUT2D eigenvalue weighted by atomic mass is 16.5. The molecule has 144 valence electrons. The van der Waals surface area contributed by atoms with Gasteiger partial charge in [-0.05, 0) is 34.5 Å². The van der Waals surface area contributed by atoms with Crippen LogP contribution in [0.15, 0.2) is 59.7 Å². The molecule has 0 heterocycles. The van der Waals surface area contributed by atoms with Crippen LogP contribution in [0, 0.1) is 0 Å². The Bertz CT molecular complexity index is 1010. The molecule has 0 bridgehead atoms. The first kappa shape index (κ1) is 19.2. The average Bonchev–Trinajstić information content (AvgIpc) is 2.73. The molecule has 0 saturated carbocycles. The second-order valence-corrected chi connectivity index (χ2v) is 6.06. The molecule has 6 heteroatoms. The minimum atomic E-state index is -0.234. The normalized spacial score (nSPS) is 10.8. The van der Waals surface area contributed by atoms with Crippen LogP contribution in [0.1, 0.15) is 11.1 Å². The van der Waals surface area contributed by atoms with Gasteiger partial charge in [-0.15, -0.1) is 0 Å². The summed E-state index contributed by atoms with van der Waals surface area (Å²) in [5.74, 6) is 1.66. The van der Waals surface area contributed by atoms with Crippen LogP contribution >= 0.6 is 0 Å². The number of hydrogen-bond acceptors (Lipinski definition) is 5. The number of amides is 1. The van der Waals surface area contributed by atoms with Crippen LogP contribution in [-0.2, 0) is 11.2 Å². The fourth-order valence-electron chi connectivity index (χ4n) is 2.97. The standard InChI is InChI=1S/C22H22N2O4/c1-26-19-11-9-16-6-4-5-7-17(16)18(19)14-23-24-22(25)13-15-8-10-20(27-2)21(12-15)28-3/h4-12,14H,13H2,1-3H3,(H,24,25)/b23-14+. The number of carbonyl (C=O) groups excluding carboxylic acids is 1. The van der Waals surface area contributed by atoms with E-state index in [4.69, 9.17) is 14.2 Å². The van der Waals surface area contributed by atoms with Gasteiger partial charge in [0, 0.05) is 5.56 Å². The van der Waals surface area contributed by atoms with Crippen LogP contribution in [0.4, 0.5) is 0 Å². The van der Waals surface area contributed by atoms with E-state index in [-0.39, 0.29) is 12.3 Å². The summed E-state index contributed by atoms with van der Waals surface area (Å²) in [7, 11) is 4.74. The summed E-state index contributed by atoms with van der Waals surface area (Å²) in [6.07, 6.45) is 1.78. The van der Waals surface area contributed by atoms with Gasteiger partial charge < -0.3 is 14.2 Å². The first-order valence-electron chi connectivity index (χ1n) is 8.74. The number of hydrazone groups is 1. The molecule has 1 N–H and O–H groups in total. The number of ether oxygens (including phenoxy) is 3. The van der Waals surface area contributed by atoms with E-state index >= 15 is 0 Å². The van der Waals surface area contributed by atoms with Gasteiger partial charge in [0.05, 0.1) is 34.0 Å². The van der Waals surface area contributed by atoms with E-state index in [0.29, 0.717) is 17.2 Å². The molecule has 0 spiro atoms. The second-order valence-electron chi connectivity index (χ2n) is 6.06. The number of hydrogen-bond donors (Lipinski definition) is 1. The van der Waals surface area contributed by atoms with E-state index < -0.39 is 0 Å². The molecule has 0 atom stereocenters. The topological polar surface area (TPSA) is 69.2 Å². The maximum atomic E-state index is 12.2. The SMILES string of the molecule is COc1ccc(CC(=O)N/N=C/c2c(OC)ccc3ccccc23)cc1OC. The Morgan fingerprint density at radius 1 is 0.929 bits per heavy atom. The molecule has 3 aromatic rings. The Morgan fingerprint density at radius 3 is 2.39 bits per heavy atom. The summed E-state index contributed by atoms with van der Waals surface area (Å²) in [5.41, 5.74) is 4.18. The lowest BCUT2D eigenvalue weighted by atomic mass is 10.0. The lowest BCUT2D eigenvalue weighted by molar-refractivity contribution is -0.120. The smallest absolute Gasteiger partial charge is 0.244 e. The number of methoxy groups -OCH3 is 3. The van der Waals surface area contributed by atoms with Crippen molar-refractivity contribution in [2.24, 2.45) is 5.10 Å². The second kappa shape index (κ2) is 8.90. The van der Waals surface area contributed by atoms with E-state index in [9.17, 15) is 4.79 Å². The molecule has 3 aromatic carbocycles. The van der Waals surface area contributed by atoms with Crippen molar-refractivity contribution >= 4 is 22.9 Å². The third kappa shape index (κ3) is 4.23. The van der Waals surface area contributed by atoms with Gasteiger partial charge in [0.25, 0.3) is 0 Å². The summed E-state index contributed by atoms with van der Waals surface area (Å²) in [4.78, 5) is 12.2. The van der Waals surface area contributed by atoms with E-state index in [1.165, 1.54) is 0 Å². The minimum Gasteiger partial charge on any atom is -0.496 e. The number of nitrogens with one attached hydrogen (secondary N) is 1. The fraction of sp³-hybridized carbons (Fsp3) is 0.182. The zero-order chi connectivity index (χ0) is 19.9. The van der Waals surface area contributed by atoms with Crippen LogP contribution in [0.2, 0.25) is 0 Å². The van der Waals surface area contributed by atoms with E-state index in [2.05, 4.69) is 10.5 Å². The van der Waals surface area contributed by atoms with Crippen molar-refractivity contribution in [1.29, 1.82) is 0 Å². The summed E-state index contributed by atoms with van der Waals surface area (Å²) < 4.78 is 15.9. The molecule has 0 fully saturated rings. The molecule has 0 saturated heterocycles. The Kier molecular flexibility index (Phi) is 6.11. The molecular formula is C22H22N2O4. The quantitative estimate of drug-likeness (QED) is 0.504. The van der Waals surface area contributed by atoms with Crippen LogP contribution in [0.5, 0.6) is 17.2 Å².